The van der Waals surface area contributed by atoms with Gasteiger partial charge in [-0.1, -0.05) is 42.5 Å². The van der Waals surface area contributed by atoms with Crippen molar-refractivity contribution in [2.45, 2.75) is 6.04 Å². The highest BCUT2D eigenvalue weighted by Crippen LogP contribution is 2.30. The molecule has 0 atom stereocenters. The second kappa shape index (κ2) is 12.3. The Morgan fingerprint density at radius 2 is 1.41 bits per heavy atom. The van der Waals surface area contributed by atoms with E-state index in [1.807, 2.05) is 18.2 Å². The number of methoxy groups -OCH3 is 2. The fourth-order valence-electron chi connectivity index (χ4n) is 4.46. The summed E-state index contributed by atoms with van der Waals surface area (Å²) in [5.74, 6) is 0.723. The summed E-state index contributed by atoms with van der Waals surface area (Å²) in [7, 11) is 3.20. The van der Waals surface area contributed by atoms with Crippen molar-refractivity contribution in [2.24, 2.45) is 0 Å². The predicted molar refractivity (Wildman–Crippen MR) is 141 cm³/mol. The van der Waals surface area contributed by atoms with E-state index in [-0.39, 0.29) is 23.6 Å². The molecule has 0 aliphatic carbocycles. The molecule has 0 spiro atoms. The first kappa shape index (κ1) is 26.1. The van der Waals surface area contributed by atoms with Crippen molar-refractivity contribution in [3.8, 4) is 11.5 Å². The number of piperazine rings is 1. The minimum Gasteiger partial charge on any atom is -0.497 e. The average molecular weight is 505 g/mol. The largest absolute Gasteiger partial charge is 0.497 e. The minimum atomic E-state index is -0.303. The number of ether oxygens (including phenoxy) is 2. The molecular weight excluding hydrogens is 474 g/mol. The maximum atomic E-state index is 13.6. The Kier molecular flexibility index (Phi) is 8.69. The Hall–Kier alpha value is -3.97. The molecule has 0 unspecified atom stereocenters. The molecule has 0 radical (unpaired) electrons. The van der Waals surface area contributed by atoms with Gasteiger partial charge in [0, 0.05) is 43.9 Å². The Labute approximate surface area is 216 Å². The van der Waals surface area contributed by atoms with Gasteiger partial charge in [0.2, 0.25) is 5.91 Å². The van der Waals surface area contributed by atoms with E-state index < -0.39 is 0 Å². The topological polar surface area (TPSA) is 42.0 Å². The lowest BCUT2D eigenvalue weighted by Crippen LogP contribution is -2.49. The van der Waals surface area contributed by atoms with Crippen LogP contribution in [-0.2, 0) is 4.79 Å². The summed E-state index contributed by atoms with van der Waals surface area (Å²) in [6.07, 6.45) is 6.95. The number of hydrogen-bond acceptors (Lipinski definition) is 4. The highest BCUT2D eigenvalue weighted by molar-refractivity contribution is 5.88. The van der Waals surface area contributed by atoms with E-state index in [1.165, 1.54) is 24.3 Å². The van der Waals surface area contributed by atoms with Crippen molar-refractivity contribution in [3.05, 3.63) is 113 Å². The van der Waals surface area contributed by atoms with E-state index in [0.717, 1.165) is 16.7 Å². The number of allylic oxidation sites excluding steroid dienone is 2. The number of nitrogens with zero attached hydrogens (tertiary/aromatic N) is 2. The summed E-state index contributed by atoms with van der Waals surface area (Å²) in [5, 5.41) is 0. The number of rotatable bonds is 8. The maximum Gasteiger partial charge on any atom is 0.246 e. The lowest BCUT2D eigenvalue weighted by molar-refractivity contribution is -0.127. The summed E-state index contributed by atoms with van der Waals surface area (Å²) in [6, 6.07) is 18.2. The number of halogens is 2. The Morgan fingerprint density at radius 1 is 0.811 bits per heavy atom. The summed E-state index contributed by atoms with van der Waals surface area (Å²) >= 11 is 0. The first-order chi connectivity index (χ1) is 18.0. The standard InChI is InChI=1S/C30H30F2N2O3/c1-36-27-16-11-22(28(21-27)37-2)5-3-4-6-29(35)33-17-19-34(20-18-33)30(23-7-12-25(31)13-8-23)24-9-14-26(32)15-10-24/h3-16,21,30H,17-20H2,1-2H3. The number of benzene rings is 3. The van der Waals surface area contributed by atoms with Crippen molar-refractivity contribution in [3.63, 3.8) is 0 Å². The van der Waals surface area contributed by atoms with Crippen LogP contribution in [0, 0.1) is 11.6 Å². The van der Waals surface area contributed by atoms with E-state index in [2.05, 4.69) is 4.90 Å². The van der Waals surface area contributed by atoms with E-state index in [9.17, 15) is 13.6 Å². The summed E-state index contributed by atoms with van der Waals surface area (Å²) in [6.45, 7) is 2.38. The van der Waals surface area contributed by atoms with Gasteiger partial charge in [-0.2, -0.15) is 0 Å². The minimum absolute atomic E-state index is 0.0638. The molecular formula is C30H30F2N2O3. The van der Waals surface area contributed by atoms with Gasteiger partial charge in [0.05, 0.1) is 20.3 Å². The first-order valence-electron chi connectivity index (χ1n) is 12.1. The number of hydrogen-bond donors (Lipinski definition) is 0. The Balaban J connectivity index is 1.39. The fourth-order valence-corrected chi connectivity index (χ4v) is 4.46. The van der Waals surface area contributed by atoms with E-state index in [4.69, 9.17) is 9.47 Å². The molecule has 1 heterocycles. The molecule has 3 aromatic carbocycles. The van der Waals surface area contributed by atoms with Crippen LogP contribution >= 0.6 is 0 Å². The molecule has 1 fully saturated rings. The van der Waals surface area contributed by atoms with Crippen molar-refractivity contribution in [2.75, 3.05) is 40.4 Å². The van der Waals surface area contributed by atoms with Crippen molar-refractivity contribution in [1.82, 2.24) is 9.80 Å². The van der Waals surface area contributed by atoms with Gasteiger partial charge in [-0.15, -0.1) is 0 Å². The van der Waals surface area contributed by atoms with Crippen molar-refractivity contribution < 1.29 is 23.0 Å². The lowest BCUT2D eigenvalue weighted by Gasteiger charge is -2.39. The first-order valence-corrected chi connectivity index (χ1v) is 12.1. The van der Waals surface area contributed by atoms with E-state index >= 15 is 0 Å². The molecule has 5 nitrogen and oxygen atoms in total. The SMILES string of the molecule is COc1ccc(C=CC=CC(=O)N2CCN(C(c3ccc(F)cc3)c3ccc(F)cc3)CC2)c(OC)c1. The molecule has 0 saturated carbocycles. The van der Waals surface area contributed by atoms with Crippen LogP contribution in [0.4, 0.5) is 8.78 Å². The van der Waals surface area contributed by atoms with Crippen LogP contribution in [-0.4, -0.2) is 56.1 Å². The molecule has 1 amide bonds. The summed E-state index contributed by atoms with van der Waals surface area (Å²) in [4.78, 5) is 16.8. The molecule has 0 bridgehead atoms. The average Bonchev–Trinajstić information content (AvgIpc) is 2.93. The molecule has 0 N–H and O–H groups in total. The van der Waals surface area contributed by atoms with Gasteiger partial charge in [0.15, 0.2) is 0 Å². The van der Waals surface area contributed by atoms with Gasteiger partial charge in [0.1, 0.15) is 23.1 Å². The molecule has 0 aromatic heterocycles. The van der Waals surface area contributed by atoms with Crippen LogP contribution in [0.5, 0.6) is 11.5 Å². The smallest absolute Gasteiger partial charge is 0.246 e. The van der Waals surface area contributed by atoms with Crippen LogP contribution in [0.25, 0.3) is 6.08 Å². The zero-order chi connectivity index (χ0) is 26.2. The van der Waals surface area contributed by atoms with Crippen LogP contribution in [0.15, 0.2) is 85.0 Å². The molecule has 1 aliphatic heterocycles. The molecule has 1 aliphatic rings. The normalized spacial score (nSPS) is 14.6. The molecule has 4 rings (SSSR count). The van der Waals surface area contributed by atoms with Crippen molar-refractivity contribution in [1.29, 1.82) is 0 Å². The van der Waals surface area contributed by atoms with Gasteiger partial charge in [-0.05, 0) is 47.5 Å². The van der Waals surface area contributed by atoms with Crippen LogP contribution in [0.3, 0.4) is 0 Å². The third kappa shape index (κ3) is 6.62. The second-order valence-electron chi connectivity index (χ2n) is 8.69. The summed E-state index contributed by atoms with van der Waals surface area (Å²) < 4.78 is 37.7. The second-order valence-corrected chi connectivity index (χ2v) is 8.69. The lowest BCUT2D eigenvalue weighted by atomic mass is 9.96. The summed E-state index contributed by atoms with van der Waals surface area (Å²) in [5.41, 5.74) is 2.72. The predicted octanol–water partition coefficient (Wildman–Crippen LogP) is 5.49. The number of carbonyl (C=O) groups excluding carboxylic acids is 1. The molecule has 1 saturated heterocycles. The van der Waals surface area contributed by atoms with E-state index in [0.29, 0.717) is 37.7 Å². The highest BCUT2D eigenvalue weighted by Gasteiger charge is 2.27. The molecule has 7 heteroatoms. The van der Waals surface area contributed by atoms with Gasteiger partial charge in [-0.3, -0.25) is 9.69 Å². The number of carbonyl (C=O) groups is 1. The van der Waals surface area contributed by atoms with Crippen molar-refractivity contribution >= 4 is 12.0 Å². The van der Waals surface area contributed by atoms with Crippen LogP contribution in [0.2, 0.25) is 0 Å². The quantitative estimate of drug-likeness (QED) is 0.301. The van der Waals surface area contributed by atoms with Gasteiger partial charge in [-0.25, -0.2) is 8.78 Å². The maximum absolute atomic E-state index is 13.6. The Bertz CT molecular complexity index is 1200. The zero-order valence-electron chi connectivity index (χ0n) is 20.9. The van der Waals surface area contributed by atoms with Gasteiger partial charge < -0.3 is 14.4 Å². The molecule has 192 valence electrons. The molecule has 37 heavy (non-hydrogen) atoms. The van der Waals surface area contributed by atoms with Gasteiger partial charge >= 0.3 is 0 Å². The molecule has 3 aromatic rings. The van der Waals surface area contributed by atoms with Crippen LogP contribution in [0.1, 0.15) is 22.7 Å². The number of amides is 1. The third-order valence-electron chi connectivity index (χ3n) is 6.43. The Morgan fingerprint density at radius 3 is 1.95 bits per heavy atom. The van der Waals surface area contributed by atoms with E-state index in [1.54, 1.807) is 67.7 Å². The highest BCUT2D eigenvalue weighted by atomic mass is 19.1. The van der Waals surface area contributed by atoms with Gasteiger partial charge in [0.25, 0.3) is 0 Å². The third-order valence-corrected chi connectivity index (χ3v) is 6.43. The van der Waals surface area contributed by atoms with Crippen LogP contribution < -0.4 is 9.47 Å². The zero-order valence-corrected chi connectivity index (χ0v) is 20.9. The fraction of sp³-hybridized carbons (Fsp3) is 0.233. The monoisotopic (exact) mass is 504 g/mol.